The molecular formula is C9H15N5O. The minimum absolute atomic E-state index is 0.0211. The van der Waals surface area contributed by atoms with Gasteiger partial charge in [-0.3, -0.25) is 4.79 Å². The minimum Gasteiger partial charge on any atom is -0.368 e. The highest BCUT2D eigenvalue weighted by Gasteiger charge is 2.14. The molecule has 0 aliphatic heterocycles. The van der Waals surface area contributed by atoms with E-state index >= 15 is 0 Å². The third-order valence-electron chi connectivity index (χ3n) is 1.85. The summed E-state index contributed by atoms with van der Waals surface area (Å²) in [6.45, 7) is 1.76. The number of nitrogens with one attached hydrogen (secondary N) is 1. The summed E-state index contributed by atoms with van der Waals surface area (Å²) in [4.78, 5) is 20.7. The Bertz CT molecular complexity index is 352. The third-order valence-corrected chi connectivity index (χ3v) is 1.85. The van der Waals surface area contributed by atoms with Crippen LogP contribution in [-0.2, 0) is 4.79 Å². The molecule has 0 bridgehead atoms. The van der Waals surface area contributed by atoms with Crippen LogP contribution < -0.4 is 11.1 Å². The van der Waals surface area contributed by atoms with Gasteiger partial charge in [0.05, 0.1) is 0 Å². The Balaban J connectivity index is 2.66. The van der Waals surface area contributed by atoms with Crippen LogP contribution in [0.5, 0.6) is 0 Å². The summed E-state index contributed by atoms with van der Waals surface area (Å²) in [5, 5.41) is 2.94. The molecule has 0 spiro atoms. The van der Waals surface area contributed by atoms with Crippen LogP contribution in [-0.4, -0.2) is 40.9 Å². The van der Waals surface area contributed by atoms with Crippen LogP contribution >= 0.6 is 0 Å². The van der Waals surface area contributed by atoms with Crippen molar-refractivity contribution in [3.63, 3.8) is 0 Å². The van der Waals surface area contributed by atoms with Crippen LogP contribution in [0.1, 0.15) is 6.92 Å². The van der Waals surface area contributed by atoms with Crippen LogP contribution in [0.3, 0.4) is 0 Å². The maximum absolute atomic E-state index is 11.5. The molecule has 15 heavy (non-hydrogen) atoms. The Morgan fingerprint density at radius 2 is 2.27 bits per heavy atom. The first-order valence-electron chi connectivity index (χ1n) is 4.57. The molecule has 6 nitrogen and oxygen atoms in total. The number of nitrogens with two attached hydrogens (primary N) is 1. The summed E-state index contributed by atoms with van der Waals surface area (Å²) in [6.07, 6.45) is 1.54. The lowest BCUT2D eigenvalue weighted by Crippen LogP contribution is -2.36. The van der Waals surface area contributed by atoms with E-state index < -0.39 is 0 Å². The summed E-state index contributed by atoms with van der Waals surface area (Å²) in [5.41, 5.74) is 5.41. The smallest absolute Gasteiger partial charge is 0.244 e. The molecule has 0 fully saturated rings. The van der Waals surface area contributed by atoms with Gasteiger partial charge in [-0.05, 0) is 13.0 Å². The average Bonchev–Trinajstić information content (AvgIpc) is 2.16. The van der Waals surface area contributed by atoms with Gasteiger partial charge in [-0.25, -0.2) is 4.98 Å². The van der Waals surface area contributed by atoms with Crippen molar-refractivity contribution in [1.29, 1.82) is 0 Å². The fraction of sp³-hybridized carbons (Fsp3) is 0.444. The molecule has 1 heterocycles. The standard InChI is InChI=1S/C9H15N5O/c1-6(8(15)14(2)3)12-7-4-5-11-9(10)13-7/h4-6H,1-3H3,(H3,10,11,12,13). The Morgan fingerprint density at radius 3 is 2.80 bits per heavy atom. The predicted octanol–water partition coefficient (Wildman–Crippen LogP) is -0.0526. The van der Waals surface area contributed by atoms with Crippen molar-refractivity contribution in [2.45, 2.75) is 13.0 Å². The van der Waals surface area contributed by atoms with Crippen molar-refractivity contribution in [1.82, 2.24) is 14.9 Å². The Labute approximate surface area is 88.5 Å². The van der Waals surface area contributed by atoms with E-state index in [2.05, 4.69) is 15.3 Å². The van der Waals surface area contributed by atoms with Gasteiger partial charge in [0.2, 0.25) is 11.9 Å². The molecule has 1 amide bonds. The summed E-state index contributed by atoms with van der Waals surface area (Å²) < 4.78 is 0. The number of hydrogen-bond acceptors (Lipinski definition) is 5. The van der Waals surface area contributed by atoms with Crippen molar-refractivity contribution in [3.8, 4) is 0 Å². The van der Waals surface area contributed by atoms with Crippen molar-refractivity contribution < 1.29 is 4.79 Å². The Morgan fingerprint density at radius 1 is 1.60 bits per heavy atom. The zero-order valence-corrected chi connectivity index (χ0v) is 9.06. The van der Waals surface area contributed by atoms with E-state index in [1.54, 1.807) is 27.1 Å². The molecule has 0 saturated carbocycles. The fourth-order valence-electron chi connectivity index (χ4n) is 1.13. The first-order chi connectivity index (χ1) is 7.00. The van der Waals surface area contributed by atoms with Gasteiger partial charge < -0.3 is 16.0 Å². The number of nitrogen functional groups attached to an aromatic ring is 1. The second kappa shape index (κ2) is 4.59. The number of anilines is 2. The fourth-order valence-corrected chi connectivity index (χ4v) is 1.13. The molecular weight excluding hydrogens is 194 g/mol. The lowest BCUT2D eigenvalue weighted by Gasteiger charge is -2.18. The second-order valence-corrected chi connectivity index (χ2v) is 3.40. The highest BCUT2D eigenvalue weighted by atomic mass is 16.2. The van der Waals surface area contributed by atoms with Gasteiger partial charge in [-0.15, -0.1) is 0 Å². The normalized spacial score (nSPS) is 11.9. The van der Waals surface area contributed by atoms with E-state index in [4.69, 9.17) is 5.73 Å². The summed E-state index contributed by atoms with van der Waals surface area (Å²) in [7, 11) is 3.41. The second-order valence-electron chi connectivity index (χ2n) is 3.40. The van der Waals surface area contributed by atoms with Gasteiger partial charge in [0.25, 0.3) is 0 Å². The molecule has 3 N–H and O–H groups in total. The molecule has 0 aromatic carbocycles. The van der Waals surface area contributed by atoms with E-state index in [0.29, 0.717) is 5.82 Å². The monoisotopic (exact) mass is 209 g/mol. The Hall–Kier alpha value is -1.85. The SMILES string of the molecule is CC(Nc1ccnc(N)n1)C(=O)N(C)C. The van der Waals surface area contributed by atoms with E-state index in [0.717, 1.165) is 0 Å². The zero-order valence-electron chi connectivity index (χ0n) is 9.06. The van der Waals surface area contributed by atoms with Gasteiger partial charge in [-0.1, -0.05) is 0 Å². The molecule has 1 aromatic rings. The highest BCUT2D eigenvalue weighted by molar-refractivity contribution is 5.83. The van der Waals surface area contributed by atoms with Gasteiger partial charge in [0, 0.05) is 20.3 Å². The van der Waals surface area contributed by atoms with Crippen LogP contribution in [0, 0.1) is 0 Å². The first-order valence-corrected chi connectivity index (χ1v) is 4.57. The molecule has 0 aliphatic carbocycles. The zero-order chi connectivity index (χ0) is 11.4. The van der Waals surface area contributed by atoms with Gasteiger partial charge in [-0.2, -0.15) is 4.98 Å². The highest BCUT2D eigenvalue weighted by Crippen LogP contribution is 2.05. The molecule has 1 atom stereocenters. The van der Waals surface area contributed by atoms with E-state index in [1.807, 2.05) is 0 Å². The van der Waals surface area contributed by atoms with E-state index in [-0.39, 0.29) is 17.9 Å². The van der Waals surface area contributed by atoms with Crippen LogP contribution in [0.25, 0.3) is 0 Å². The van der Waals surface area contributed by atoms with Gasteiger partial charge in [0.1, 0.15) is 11.9 Å². The Kier molecular flexibility index (Phi) is 3.43. The first kappa shape index (κ1) is 11.2. The molecule has 1 aromatic heterocycles. The van der Waals surface area contributed by atoms with Gasteiger partial charge >= 0.3 is 0 Å². The lowest BCUT2D eigenvalue weighted by molar-refractivity contribution is -0.129. The summed E-state index contributed by atoms with van der Waals surface area (Å²) in [5.74, 6) is 0.710. The molecule has 0 aliphatic rings. The number of carbonyl (C=O) groups is 1. The predicted molar refractivity (Wildman–Crippen MR) is 58.2 cm³/mol. The molecule has 0 radical (unpaired) electrons. The van der Waals surface area contributed by atoms with Crippen molar-refractivity contribution in [2.24, 2.45) is 0 Å². The number of likely N-dealkylation sites (N-methyl/N-ethyl adjacent to an activating group) is 1. The maximum Gasteiger partial charge on any atom is 0.244 e. The topological polar surface area (TPSA) is 84.1 Å². The molecule has 1 rings (SSSR count). The number of hydrogen-bond donors (Lipinski definition) is 2. The van der Waals surface area contributed by atoms with Crippen LogP contribution in [0.15, 0.2) is 12.3 Å². The average molecular weight is 209 g/mol. The molecule has 1 unspecified atom stereocenters. The summed E-state index contributed by atoms with van der Waals surface area (Å²) in [6, 6.07) is 1.32. The van der Waals surface area contributed by atoms with Crippen LogP contribution in [0.4, 0.5) is 11.8 Å². The van der Waals surface area contributed by atoms with Crippen molar-refractivity contribution in [3.05, 3.63) is 12.3 Å². The number of amides is 1. The molecule has 0 saturated heterocycles. The van der Waals surface area contributed by atoms with Crippen molar-refractivity contribution in [2.75, 3.05) is 25.1 Å². The maximum atomic E-state index is 11.5. The number of rotatable bonds is 3. The number of aromatic nitrogens is 2. The van der Waals surface area contributed by atoms with Gasteiger partial charge in [0.15, 0.2) is 0 Å². The molecule has 82 valence electrons. The number of nitrogens with zero attached hydrogens (tertiary/aromatic N) is 3. The molecule has 6 heteroatoms. The minimum atomic E-state index is -0.339. The van der Waals surface area contributed by atoms with E-state index in [1.165, 1.54) is 11.1 Å². The summed E-state index contributed by atoms with van der Waals surface area (Å²) >= 11 is 0. The van der Waals surface area contributed by atoms with Crippen molar-refractivity contribution >= 4 is 17.7 Å². The number of carbonyl (C=O) groups excluding carboxylic acids is 1. The van der Waals surface area contributed by atoms with Crippen LogP contribution in [0.2, 0.25) is 0 Å². The lowest BCUT2D eigenvalue weighted by atomic mass is 10.3. The quantitative estimate of drug-likeness (QED) is 0.729. The van der Waals surface area contributed by atoms with E-state index in [9.17, 15) is 4.79 Å². The third kappa shape index (κ3) is 3.08. The largest absolute Gasteiger partial charge is 0.368 e.